The van der Waals surface area contributed by atoms with Crippen LogP contribution in [-0.2, 0) is 4.79 Å². The third-order valence-corrected chi connectivity index (χ3v) is 5.89. The van der Waals surface area contributed by atoms with Gasteiger partial charge in [0.25, 0.3) is 5.91 Å². The molecule has 3 aliphatic heterocycles. The van der Waals surface area contributed by atoms with E-state index in [9.17, 15) is 9.59 Å². The summed E-state index contributed by atoms with van der Waals surface area (Å²) in [6.07, 6.45) is 2.47. The highest BCUT2D eigenvalue weighted by Gasteiger charge is 2.31. The molecule has 1 unspecified atom stereocenters. The Hall–Kier alpha value is -3.22. The molecular weight excluding hydrogens is 370 g/mol. The van der Waals surface area contributed by atoms with Gasteiger partial charge >= 0.3 is 0 Å². The molecule has 0 aliphatic carbocycles. The molecule has 150 valence electrons. The van der Waals surface area contributed by atoms with E-state index in [1.807, 2.05) is 30.3 Å². The maximum absolute atomic E-state index is 12.5. The summed E-state index contributed by atoms with van der Waals surface area (Å²) in [5.74, 6) is 0.720. The number of fused-ring (bicyclic) bond motifs is 2. The first kappa shape index (κ1) is 17.8. The number of ether oxygens (including phenoxy) is 2. The van der Waals surface area contributed by atoms with Crippen LogP contribution in [0.25, 0.3) is 0 Å². The van der Waals surface area contributed by atoms with Gasteiger partial charge in [0, 0.05) is 31.1 Å². The zero-order valence-electron chi connectivity index (χ0n) is 16.1. The normalized spacial score (nSPS) is 20.2. The first-order valence-electron chi connectivity index (χ1n) is 10.0. The first-order chi connectivity index (χ1) is 14.1. The van der Waals surface area contributed by atoms with Crippen molar-refractivity contribution in [1.82, 2.24) is 0 Å². The van der Waals surface area contributed by atoms with Crippen molar-refractivity contribution < 1.29 is 19.1 Å². The quantitative estimate of drug-likeness (QED) is 0.836. The van der Waals surface area contributed by atoms with Gasteiger partial charge in [-0.25, -0.2) is 0 Å². The summed E-state index contributed by atoms with van der Waals surface area (Å²) in [4.78, 5) is 26.9. The number of amides is 2. The molecule has 2 aromatic rings. The average molecular weight is 393 g/mol. The van der Waals surface area contributed by atoms with Gasteiger partial charge in [-0.15, -0.1) is 0 Å². The van der Waals surface area contributed by atoms with Crippen molar-refractivity contribution in [3.05, 3.63) is 47.0 Å². The Morgan fingerprint density at radius 3 is 2.59 bits per heavy atom. The third kappa shape index (κ3) is 3.16. The maximum atomic E-state index is 12.5. The number of hydrogen-bond donors (Lipinski definition) is 2. The number of nitrogens with one attached hydrogen (secondary N) is 1. The molecule has 5 rings (SSSR count). The highest BCUT2D eigenvalue weighted by molar-refractivity contribution is 6.03. The molecule has 1 fully saturated rings. The van der Waals surface area contributed by atoms with Crippen molar-refractivity contribution in [2.75, 3.05) is 36.5 Å². The summed E-state index contributed by atoms with van der Waals surface area (Å²) in [5.41, 5.74) is 9.63. The Morgan fingerprint density at radius 1 is 1.07 bits per heavy atom. The van der Waals surface area contributed by atoms with Gasteiger partial charge in [0.15, 0.2) is 11.5 Å². The maximum Gasteiger partial charge on any atom is 0.250 e. The van der Waals surface area contributed by atoms with Crippen molar-refractivity contribution >= 4 is 23.2 Å². The van der Waals surface area contributed by atoms with Crippen LogP contribution in [-0.4, -0.2) is 38.1 Å². The van der Waals surface area contributed by atoms with Crippen LogP contribution < -0.4 is 25.4 Å². The van der Waals surface area contributed by atoms with E-state index in [-0.39, 0.29) is 11.8 Å². The standard InChI is InChI=1S/C22H23N3O4/c23-22(27)16-10-15-14(13-3-4-19-20(9-13)29-8-7-28-19)11-21(26)24-17(15)12-18(16)25-5-1-2-6-25/h3-4,9-10,12,14H,1-2,5-8,11H2,(H2,23,27)(H,24,26). The van der Waals surface area contributed by atoms with Gasteiger partial charge in [-0.2, -0.15) is 0 Å². The summed E-state index contributed by atoms with van der Waals surface area (Å²) >= 11 is 0. The number of anilines is 2. The minimum absolute atomic E-state index is 0.0448. The van der Waals surface area contributed by atoms with Crippen LogP contribution in [0.2, 0.25) is 0 Å². The summed E-state index contributed by atoms with van der Waals surface area (Å²) < 4.78 is 11.3. The lowest BCUT2D eigenvalue weighted by Crippen LogP contribution is -2.27. The fourth-order valence-corrected chi connectivity index (χ4v) is 4.49. The molecule has 0 saturated carbocycles. The van der Waals surface area contributed by atoms with Crippen LogP contribution in [0.15, 0.2) is 30.3 Å². The van der Waals surface area contributed by atoms with Crippen molar-refractivity contribution in [2.45, 2.75) is 25.2 Å². The lowest BCUT2D eigenvalue weighted by atomic mass is 9.83. The number of carbonyl (C=O) groups excluding carboxylic acids is 2. The molecule has 0 spiro atoms. The molecule has 29 heavy (non-hydrogen) atoms. The van der Waals surface area contributed by atoms with Gasteiger partial charge in [0.1, 0.15) is 13.2 Å². The Labute approximate surface area is 168 Å². The van der Waals surface area contributed by atoms with E-state index in [1.54, 1.807) is 0 Å². The molecule has 0 bridgehead atoms. The highest BCUT2D eigenvalue weighted by Crippen LogP contribution is 2.43. The smallest absolute Gasteiger partial charge is 0.250 e. The molecule has 0 radical (unpaired) electrons. The van der Waals surface area contributed by atoms with E-state index in [4.69, 9.17) is 15.2 Å². The molecule has 7 heteroatoms. The minimum Gasteiger partial charge on any atom is -0.486 e. The average Bonchev–Trinajstić information content (AvgIpc) is 3.26. The molecule has 3 N–H and O–H groups in total. The summed E-state index contributed by atoms with van der Waals surface area (Å²) in [7, 11) is 0. The predicted molar refractivity (Wildman–Crippen MR) is 109 cm³/mol. The van der Waals surface area contributed by atoms with Crippen molar-refractivity contribution in [1.29, 1.82) is 0 Å². The van der Waals surface area contributed by atoms with E-state index in [0.717, 1.165) is 48.4 Å². The fourth-order valence-electron chi connectivity index (χ4n) is 4.49. The lowest BCUT2D eigenvalue weighted by Gasteiger charge is -2.30. The van der Waals surface area contributed by atoms with Crippen molar-refractivity contribution in [3.63, 3.8) is 0 Å². The highest BCUT2D eigenvalue weighted by atomic mass is 16.6. The van der Waals surface area contributed by atoms with Gasteiger partial charge in [0.05, 0.1) is 11.3 Å². The predicted octanol–water partition coefficient (Wildman–Crippen LogP) is 2.63. The molecular formula is C22H23N3O4. The number of nitrogens with zero attached hydrogens (tertiary/aromatic N) is 1. The van der Waals surface area contributed by atoms with Crippen LogP contribution in [0.3, 0.4) is 0 Å². The van der Waals surface area contributed by atoms with Crippen LogP contribution in [0.4, 0.5) is 11.4 Å². The number of primary amides is 1. The van der Waals surface area contributed by atoms with Crippen molar-refractivity contribution in [3.8, 4) is 11.5 Å². The molecule has 3 heterocycles. The third-order valence-electron chi connectivity index (χ3n) is 5.89. The number of nitrogens with two attached hydrogens (primary N) is 1. The molecule has 3 aliphatic rings. The van der Waals surface area contributed by atoms with Crippen LogP contribution in [0.5, 0.6) is 11.5 Å². The summed E-state index contributed by atoms with van der Waals surface area (Å²) in [6.45, 7) is 2.81. The first-order valence-corrected chi connectivity index (χ1v) is 10.0. The topological polar surface area (TPSA) is 93.9 Å². The van der Waals surface area contributed by atoms with E-state index < -0.39 is 5.91 Å². The number of rotatable bonds is 3. The van der Waals surface area contributed by atoms with E-state index in [2.05, 4.69) is 10.2 Å². The van der Waals surface area contributed by atoms with Crippen LogP contribution in [0, 0.1) is 0 Å². The van der Waals surface area contributed by atoms with Crippen molar-refractivity contribution in [2.24, 2.45) is 5.73 Å². The SMILES string of the molecule is NC(=O)c1cc2c(cc1N1CCCC1)NC(=O)CC2c1ccc2c(c1)OCCO2. The monoisotopic (exact) mass is 393 g/mol. The van der Waals surface area contributed by atoms with Gasteiger partial charge in [0.2, 0.25) is 5.91 Å². The fraction of sp³-hybridized carbons (Fsp3) is 0.364. The Balaban J connectivity index is 1.61. The lowest BCUT2D eigenvalue weighted by molar-refractivity contribution is -0.116. The summed E-state index contributed by atoms with van der Waals surface area (Å²) in [6, 6.07) is 9.53. The zero-order chi connectivity index (χ0) is 20.0. The molecule has 2 aromatic carbocycles. The molecule has 1 saturated heterocycles. The Bertz CT molecular complexity index is 998. The second-order valence-electron chi connectivity index (χ2n) is 7.72. The summed E-state index contributed by atoms with van der Waals surface area (Å²) in [5, 5.41) is 2.98. The van der Waals surface area contributed by atoms with E-state index >= 15 is 0 Å². The van der Waals surface area contributed by atoms with Crippen LogP contribution in [0.1, 0.15) is 46.7 Å². The van der Waals surface area contributed by atoms with E-state index in [1.165, 1.54) is 0 Å². The number of benzene rings is 2. The minimum atomic E-state index is -0.451. The number of hydrogen-bond acceptors (Lipinski definition) is 5. The van der Waals surface area contributed by atoms with Gasteiger partial charge in [-0.1, -0.05) is 6.07 Å². The van der Waals surface area contributed by atoms with Gasteiger partial charge in [-0.05, 0) is 48.2 Å². The van der Waals surface area contributed by atoms with Crippen LogP contribution >= 0.6 is 0 Å². The zero-order valence-corrected chi connectivity index (χ0v) is 16.1. The largest absolute Gasteiger partial charge is 0.486 e. The Kier molecular flexibility index (Phi) is 4.30. The molecule has 0 aromatic heterocycles. The molecule has 2 amide bonds. The van der Waals surface area contributed by atoms with E-state index in [0.29, 0.717) is 36.7 Å². The Morgan fingerprint density at radius 2 is 1.83 bits per heavy atom. The second-order valence-corrected chi connectivity index (χ2v) is 7.72. The molecule has 7 nitrogen and oxygen atoms in total. The van der Waals surface area contributed by atoms with Gasteiger partial charge < -0.3 is 25.4 Å². The van der Waals surface area contributed by atoms with Gasteiger partial charge in [-0.3, -0.25) is 9.59 Å². The second kappa shape index (κ2) is 6.99. The number of carbonyl (C=O) groups is 2. The molecule has 1 atom stereocenters.